The molecule has 0 saturated heterocycles. The highest BCUT2D eigenvalue weighted by molar-refractivity contribution is 7.89. The zero-order valence-corrected chi connectivity index (χ0v) is 11.2. The molecular weight excluding hydrogens is 252 g/mol. The van der Waals surface area contributed by atoms with Gasteiger partial charge in [0.1, 0.15) is 11.8 Å². The molecule has 0 amide bonds. The van der Waals surface area contributed by atoms with Crippen LogP contribution in [0.4, 0.5) is 0 Å². The molecule has 1 aromatic carbocycles. The molecule has 6 heteroatoms. The first-order chi connectivity index (χ1) is 8.52. The molecule has 5 nitrogen and oxygen atoms in total. The van der Waals surface area contributed by atoms with Gasteiger partial charge in [0, 0.05) is 0 Å². The number of hydrogen-bond acceptors (Lipinski definition) is 4. The maximum Gasteiger partial charge on any atom is 0.212 e. The zero-order chi connectivity index (χ0) is 13.6. The second-order valence-corrected chi connectivity index (χ2v) is 5.63. The van der Waals surface area contributed by atoms with Crippen molar-refractivity contribution < 1.29 is 13.2 Å². The summed E-state index contributed by atoms with van der Waals surface area (Å²) in [4.78, 5) is 0. The van der Waals surface area contributed by atoms with Gasteiger partial charge in [-0.1, -0.05) is 12.1 Å². The quantitative estimate of drug-likeness (QED) is 0.849. The molecule has 0 radical (unpaired) electrons. The van der Waals surface area contributed by atoms with Gasteiger partial charge in [0.2, 0.25) is 10.0 Å². The van der Waals surface area contributed by atoms with E-state index in [9.17, 15) is 8.42 Å². The summed E-state index contributed by atoms with van der Waals surface area (Å²) in [5.74, 6) is 0.638. The van der Waals surface area contributed by atoms with Crippen molar-refractivity contribution in [3.63, 3.8) is 0 Å². The summed E-state index contributed by atoms with van der Waals surface area (Å²) < 4.78 is 30.5. The third kappa shape index (κ3) is 4.02. The van der Waals surface area contributed by atoms with E-state index in [-0.39, 0.29) is 5.75 Å². The van der Waals surface area contributed by atoms with Crippen molar-refractivity contribution in [1.29, 1.82) is 5.26 Å². The zero-order valence-electron chi connectivity index (χ0n) is 10.4. The lowest BCUT2D eigenvalue weighted by Gasteiger charge is -2.12. The van der Waals surface area contributed by atoms with Crippen LogP contribution < -0.4 is 9.46 Å². The Kier molecular flexibility index (Phi) is 5.13. The second kappa shape index (κ2) is 6.38. The maximum absolute atomic E-state index is 11.4. The van der Waals surface area contributed by atoms with Crippen molar-refractivity contribution in [2.45, 2.75) is 19.9 Å². The third-order valence-electron chi connectivity index (χ3n) is 2.33. The lowest BCUT2D eigenvalue weighted by atomic mass is 10.1. The highest BCUT2D eigenvalue weighted by atomic mass is 32.2. The van der Waals surface area contributed by atoms with E-state index in [1.165, 1.54) is 6.92 Å². The number of ether oxygens (including phenoxy) is 1. The van der Waals surface area contributed by atoms with Gasteiger partial charge in [0.15, 0.2) is 0 Å². The molecule has 1 rings (SSSR count). The van der Waals surface area contributed by atoms with E-state index >= 15 is 0 Å². The van der Waals surface area contributed by atoms with Gasteiger partial charge in [-0.3, -0.25) is 0 Å². The summed E-state index contributed by atoms with van der Waals surface area (Å²) in [7, 11) is -3.40. The van der Waals surface area contributed by atoms with Crippen molar-refractivity contribution in [3.8, 4) is 11.8 Å². The Labute approximate surface area is 107 Å². The summed E-state index contributed by atoms with van der Waals surface area (Å²) in [6, 6.07) is 7.84. The van der Waals surface area contributed by atoms with E-state index in [0.717, 1.165) is 0 Å². The number of nitriles is 1. The van der Waals surface area contributed by atoms with Crippen LogP contribution in [0.15, 0.2) is 24.3 Å². The summed E-state index contributed by atoms with van der Waals surface area (Å²) >= 11 is 0. The fourth-order valence-electron chi connectivity index (χ4n) is 1.35. The highest BCUT2D eigenvalue weighted by Crippen LogP contribution is 2.18. The fourth-order valence-corrected chi connectivity index (χ4v) is 2.07. The molecule has 0 aromatic heterocycles. The Balaban J connectivity index is 2.87. The van der Waals surface area contributed by atoms with Gasteiger partial charge in [-0.25, -0.2) is 8.42 Å². The molecule has 0 heterocycles. The molecule has 98 valence electrons. The number of benzene rings is 1. The summed E-state index contributed by atoms with van der Waals surface area (Å²) in [6.45, 7) is 3.96. The van der Waals surface area contributed by atoms with E-state index in [2.05, 4.69) is 4.72 Å². The monoisotopic (exact) mass is 268 g/mol. The average molecular weight is 268 g/mol. The number of nitrogens with one attached hydrogen (secondary N) is 1. The second-order valence-electron chi connectivity index (χ2n) is 3.59. The number of rotatable bonds is 6. The molecule has 0 aliphatic carbocycles. The molecule has 1 N–H and O–H groups in total. The molecule has 0 aliphatic rings. The maximum atomic E-state index is 11.4. The Morgan fingerprint density at radius 2 is 1.94 bits per heavy atom. The summed E-state index contributed by atoms with van der Waals surface area (Å²) in [5, 5.41) is 9.00. The van der Waals surface area contributed by atoms with Crippen LogP contribution in [0.3, 0.4) is 0 Å². The van der Waals surface area contributed by atoms with Gasteiger partial charge >= 0.3 is 0 Å². The molecule has 0 aliphatic heterocycles. The van der Waals surface area contributed by atoms with Gasteiger partial charge in [-0.05, 0) is 31.5 Å². The lowest BCUT2D eigenvalue weighted by Crippen LogP contribution is -2.29. The van der Waals surface area contributed by atoms with Crippen LogP contribution in [0.2, 0.25) is 0 Å². The molecule has 0 saturated carbocycles. The van der Waals surface area contributed by atoms with Crippen molar-refractivity contribution in [3.05, 3.63) is 29.8 Å². The Hall–Kier alpha value is -1.58. The normalized spacial score (nSPS) is 12.7. The lowest BCUT2D eigenvalue weighted by molar-refractivity contribution is 0.340. The van der Waals surface area contributed by atoms with Crippen LogP contribution in [-0.4, -0.2) is 20.8 Å². The predicted molar refractivity (Wildman–Crippen MR) is 68.6 cm³/mol. The van der Waals surface area contributed by atoms with Gasteiger partial charge in [0.05, 0.1) is 18.4 Å². The number of hydrogen-bond donors (Lipinski definition) is 1. The fraction of sp³-hybridized carbons (Fsp3) is 0.417. The first-order valence-electron chi connectivity index (χ1n) is 5.64. The van der Waals surface area contributed by atoms with Crippen LogP contribution in [0, 0.1) is 11.3 Å². The third-order valence-corrected chi connectivity index (χ3v) is 3.69. The first-order valence-corrected chi connectivity index (χ1v) is 7.30. The van der Waals surface area contributed by atoms with Crippen LogP contribution in [-0.2, 0) is 10.0 Å². The first kappa shape index (κ1) is 14.5. The molecule has 18 heavy (non-hydrogen) atoms. The van der Waals surface area contributed by atoms with E-state index in [1.54, 1.807) is 24.3 Å². The van der Waals surface area contributed by atoms with Gasteiger partial charge in [0.25, 0.3) is 0 Å². The van der Waals surface area contributed by atoms with Gasteiger partial charge in [-0.15, -0.1) is 0 Å². The SMILES string of the molecule is CCOc1ccc(C(C#N)NS(=O)(=O)CC)cc1. The number of nitrogens with zero attached hydrogens (tertiary/aromatic N) is 1. The molecule has 1 unspecified atom stereocenters. The van der Waals surface area contributed by atoms with Crippen LogP contribution in [0.25, 0.3) is 0 Å². The standard InChI is InChI=1S/C12H16N2O3S/c1-3-17-11-7-5-10(6-8-11)12(9-13)14-18(15,16)4-2/h5-8,12,14H,3-4H2,1-2H3. The summed E-state index contributed by atoms with van der Waals surface area (Å²) in [5.41, 5.74) is 0.595. The van der Waals surface area contributed by atoms with Crippen molar-refractivity contribution in [2.75, 3.05) is 12.4 Å². The van der Waals surface area contributed by atoms with E-state index < -0.39 is 16.1 Å². The van der Waals surface area contributed by atoms with Gasteiger partial charge < -0.3 is 4.74 Å². The molecule has 1 atom stereocenters. The molecule has 0 fully saturated rings. The Bertz CT molecular complexity index is 517. The van der Waals surface area contributed by atoms with Gasteiger partial charge in [-0.2, -0.15) is 9.98 Å². The Morgan fingerprint density at radius 3 is 2.39 bits per heavy atom. The molecule has 0 bridgehead atoms. The molecular formula is C12H16N2O3S. The van der Waals surface area contributed by atoms with Crippen molar-refractivity contribution >= 4 is 10.0 Å². The van der Waals surface area contributed by atoms with E-state index in [1.807, 2.05) is 13.0 Å². The Morgan fingerprint density at radius 1 is 1.33 bits per heavy atom. The highest BCUT2D eigenvalue weighted by Gasteiger charge is 2.17. The molecule has 0 spiro atoms. The number of sulfonamides is 1. The van der Waals surface area contributed by atoms with Crippen LogP contribution in [0.1, 0.15) is 25.5 Å². The van der Waals surface area contributed by atoms with Crippen molar-refractivity contribution in [1.82, 2.24) is 4.72 Å². The van der Waals surface area contributed by atoms with E-state index in [4.69, 9.17) is 10.00 Å². The minimum atomic E-state index is -3.40. The predicted octanol–water partition coefficient (Wildman–Crippen LogP) is 1.59. The van der Waals surface area contributed by atoms with Crippen LogP contribution in [0.5, 0.6) is 5.75 Å². The van der Waals surface area contributed by atoms with E-state index in [0.29, 0.717) is 17.9 Å². The topological polar surface area (TPSA) is 79.2 Å². The largest absolute Gasteiger partial charge is 0.494 e. The average Bonchev–Trinajstić information content (AvgIpc) is 2.37. The smallest absolute Gasteiger partial charge is 0.212 e. The minimum Gasteiger partial charge on any atom is -0.494 e. The minimum absolute atomic E-state index is 0.0534. The van der Waals surface area contributed by atoms with Crippen molar-refractivity contribution in [2.24, 2.45) is 0 Å². The van der Waals surface area contributed by atoms with Crippen LogP contribution >= 0.6 is 0 Å². The molecule has 1 aromatic rings. The summed E-state index contributed by atoms with van der Waals surface area (Å²) in [6.07, 6.45) is 0.